The average molecular weight is 322 g/mol. The molecule has 2 aromatic carbocycles. The molecule has 22 heavy (non-hydrogen) atoms. The van der Waals surface area contributed by atoms with Crippen LogP contribution in [-0.2, 0) is 0 Å². The second-order valence-electron chi connectivity index (χ2n) is 4.82. The molecule has 0 saturated carbocycles. The van der Waals surface area contributed by atoms with Crippen LogP contribution < -0.4 is 0 Å². The van der Waals surface area contributed by atoms with Crippen molar-refractivity contribution in [2.24, 2.45) is 0 Å². The summed E-state index contributed by atoms with van der Waals surface area (Å²) in [5.41, 5.74) is -3.16. The van der Waals surface area contributed by atoms with Gasteiger partial charge in [0.1, 0.15) is 0 Å². The highest BCUT2D eigenvalue weighted by Gasteiger charge is 2.29. The molecule has 0 saturated heterocycles. The van der Waals surface area contributed by atoms with E-state index >= 15 is 0 Å². The first-order chi connectivity index (χ1) is 10.1. The highest BCUT2D eigenvalue weighted by atomic mass is 19.2. The first kappa shape index (κ1) is 16.3. The van der Waals surface area contributed by atoms with Crippen molar-refractivity contribution in [2.45, 2.75) is 20.8 Å². The summed E-state index contributed by atoms with van der Waals surface area (Å²) in [6.45, 7) is 3.11. The molecular formula is C15H9F7. The minimum absolute atomic E-state index is 0.246. The van der Waals surface area contributed by atoms with Crippen molar-refractivity contribution in [3.63, 3.8) is 0 Å². The molecule has 2 rings (SSSR count). The molecule has 0 spiro atoms. The Morgan fingerprint density at radius 2 is 0.682 bits per heavy atom. The van der Waals surface area contributed by atoms with Gasteiger partial charge in [0.2, 0.25) is 0 Å². The first-order valence-corrected chi connectivity index (χ1v) is 6.07. The van der Waals surface area contributed by atoms with E-state index in [0.717, 1.165) is 20.8 Å². The van der Waals surface area contributed by atoms with Gasteiger partial charge in [0.05, 0.1) is 0 Å². The summed E-state index contributed by atoms with van der Waals surface area (Å²) >= 11 is 0. The molecule has 0 radical (unpaired) electrons. The molecule has 0 heterocycles. The van der Waals surface area contributed by atoms with Gasteiger partial charge >= 0.3 is 0 Å². The minimum atomic E-state index is -2.15. The average Bonchev–Trinajstić information content (AvgIpc) is 2.50. The van der Waals surface area contributed by atoms with Gasteiger partial charge in [0.15, 0.2) is 40.7 Å². The molecule has 0 nitrogen and oxygen atoms in total. The van der Waals surface area contributed by atoms with Gasteiger partial charge < -0.3 is 0 Å². The van der Waals surface area contributed by atoms with E-state index in [4.69, 9.17) is 0 Å². The van der Waals surface area contributed by atoms with Crippen LogP contribution in [0.1, 0.15) is 16.7 Å². The number of hydrogen-bond acceptors (Lipinski definition) is 0. The molecule has 0 aromatic heterocycles. The van der Waals surface area contributed by atoms with Crippen LogP contribution in [0.2, 0.25) is 0 Å². The molecule has 118 valence electrons. The lowest BCUT2D eigenvalue weighted by atomic mass is 9.92. The van der Waals surface area contributed by atoms with Gasteiger partial charge in [-0.2, -0.15) is 0 Å². The Balaban J connectivity index is 3.03. The van der Waals surface area contributed by atoms with Crippen LogP contribution in [-0.4, -0.2) is 0 Å². The van der Waals surface area contributed by atoms with Crippen LogP contribution in [0.15, 0.2) is 0 Å². The maximum Gasteiger partial charge on any atom is 0.198 e. The molecule has 0 amide bonds. The molecule has 0 fully saturated rings. The predicted molar refractivity (Wildman–Crippen MR) is 65.8 cm³/mol. The number of benzene rings is 2. The van der Waals surface area contributed by atoms with E-state index in [-0.39, 0.29) is 11.1 Å². The summed E-state index contributed by atoms with van der Waals surface area (Å²) in [5, 5.41) is 0. The Hall–Kier alpha value is -2.05. The molecule has 0 aliphatic carbocycles. The summed E-state index contributed by atoms with van der Waals surface area (Å²) in [6, 6.07) is 0. The van der Waals surface area contributed by atoms with Crippen molar-refractivity contribution in [2.75, 3.05) is 0 Å². The molecule has 7 heteroatoms. The van der Waals surface area contributed by atoms with E-state index in [1.54, 1.807) is 0 Å². The second kappa shape index (κ2) is 5.30. The van der Waals surface area contributed by atoms with Crippen LogP contribution in [0.3, 0.4) is 0 Å². The topological polar surface area (TPSA) is 0 Å². The van der Waals surface area contributed by atoms with Crippen LogP contribution in [0.4, 0.5) is 30.7 Å². The van der Waals surface area contributed by atoms with E-state index in [1.807, 2.05) is 0 Å². The van der Waals surface area contributed by atoms with Crippen molar-refractivity contribution in [3.05, 3.63) is 57.4 Å². The molecule has 0 atom stereocenters. The van der Waals surface area contributed by atoms with Gasteiger partial charge in [-0.1, -0.05) is 0 Å². The third kappa shape index (κ3) is 2.07. The van der Waals surface area contributed by atoms with E-state index in [0.29, 0.717) is 0 Å². The quantitative estimate of drug-likeness (QED) is 0.382. The van der Waals surface area contributed by atoms with E-state index < -0.39 is 57.4 Å². The third-order valence-electron chi connectivity index (χ3n) is 3.62. The standard InChI is InChI=1S/C15H9F7/c1-4-5(2)9(16)13(20)11(18)7(4)8-6(3)10(17)14(21)15(22)12(8)19/h1-3H3. The van der Waals surface area contributed by atoms with Gasteiger partial charge in [-0.25, -0.2) is 30.7 Å². The minimum Gasteiger partial charge on any atom is -0.203 e. The Morgan fingerprint density at radius 3 is 1.18 bits per heavy atom. The lowest BCUT2D eigenvalue weighted by molar-refractivity contribution is 0.406. The smallest absolute Gasteiger partial charge is 0.198 e. The fraction of sp³-hybridized carbons (Fsp3) is 0.200. The van der Waals surface area contributed by atoms with E-state index in [9.17, 15) is 30.7 Å². The van der Waals surface area contributed by atoms with Crippen molar-refractivity contribution in [1.29, 1.82) is 0 Å². The molecule has 0 aliphatic heterocycles. The molecule has 0 bridgehead atoms. The van der Waals surface area contributed by atoms with E-state index in [2.05, 4.69) is 0 Å². The normalized spacial score (nSPS) is 11.2. The largest absolute Gasteiger partial charge is 0.203 e. The highest BCUT2D eigenvalue weighted by Crippen LogP contribution is 2.38. The molecule has 0 unspecified atom stereocenters. The second-order valence-corrected chi connectivity index (χ2v) is 4.82. The summed E-state index contributed by atoms with van der Waals surface area (Å²) in [7, 11) is 0. The van der Waals surface area contributed by atoms with Crippen LogP contribution in [0.5, 0.6) is 0 Å². The zero-order chi connectivity index (χ0) is 16.9. The molecule has 2 aromatic rings. The highest BCUT2D eigenvalue weighted by molar-refractivity contribution is 5.73. The summed E-state index contributed by atoms with van der Waals surface area (Å²) in [6.07, 6.45) is 0. The fourth-order valence-corrected chi connectivity index (χ4v) is 2.22. The number of rotatable bonds is 1. The van der Waals surface area contributed by atoms with Gasteiger partial charge in [-0.05, 0) is 37.5 Å². The molecule has 0 aliphatic rings. The predicted octanol–water partition coefficient (Wildman–Crippen LogP) is 5.25. The third-order valence-corrected chi connectivity index (χ3v) is 3.62. The van der Waals surface area contributed by atoms with Crippen molar-refractivity contribution < 1.29 is 30.7 Å². The number of halogens is 7. The lowest BCUT2D eigenvalue weighted by Gasteiger charge is -2.16. The Bertz CT molecular complexity index is 668. The van der Waals surface area contributed by atoms with Crippen molar-refractivity contribution in [3.8, 4) is 11.1 Å². The maximum absolute atomic E-state index is 14.0. The summed E-state index contributed by atoms with van der Waals surface area (Å²) in [4.78, 5) is 0. The van der Waals surface area contributed by atoms with E-state index in [1.165, 1.54) is 0 Å². The first-order valence-electron chi connectivity index (χ1n) is 6.07. The zero-order valence-electron chi connectivity index (χ0n) is 11.6. The Kier molecular flexibility index (Phi) is 3.93. The van der Waals surface area contributed by atoms with Crippen LogP contribution in [0, 0.1) is 61.5 Å². The zero-order valence-corrected chi connectivity index (χ0v) is 11.6. The fourth-order valence-electron chi connectivity index (χ4n) is 2.22. The van der Waals surface area contributed by atoms with Crippen molar-refractivity contribution in [1.82, 2.24) is 0 Å². The van der Waals surface area contributed by atoms with Gasteiger partial charge in [0, 0.05) is 11.1 Å². The Labute approximate surface area is 121 Å². The van der Waals surface area contributed by atoms with Gasteiger partial charge in [-0.3, -0.25) is 0 Å². The molecule has 0 N–H and O–H groups in total. The summed E-state index contributed by atoms with van der Waals surface area (Å²) in [5.74, 6) is -13.0. The van der Waals surface area contributed by atoms with Crippen LogP contribution >= 0.6 is 0 Å². The molecular weight excluding hydrogens is 313 g/mol. The van der Waals surface area contributed by atoms with Gasteiger partial charge in [-0.15, -0.1) is 0 Å². The van der Waals surface area contributed by atoms with Crippen LogP contribution in [0.25, 0.3) is 11.1 Å². The monoisotopic (exact) mass is 322 g/mol. The summed E-state index contributed by atoms with van der Waals surface area (Å²) < 4.78 is 95.0. The number of hydrogen-bond donors (Lipinski definition) is 0. The Morgan fingerprint density at radius 1 is 0.364 bits per heavy atom. The van der Waals surface area contributed by atoms with Crippen molar-refractivity contribution >= 4 is 0 Å². The van der Waals surface area contributed by atoms with Gasteiger partial charge in [0.25, 0.3) is 0 Å². The SMILES string of the molecule is Cc1c(C)c(-c2c(C)c(F)c(F)c(F)c2F)c(F)c(F)c1F. The maximum atomic E-state index is 14.0. The lowest BCUT2D eigenvalue weighted by Crippen LogP contribution is -2.08.